The molecule has 1 aliphatic rings. The Labute approximate surface area is 96.1 Å². The van der Waals surface area contributed by atoms with Crippen LogP contribution in [0.1, 0.15) is 5.56 Å². The standard InChI is InChI=1S/C12H19N3O/c1-8-5-9(3-4-10(8)13)15-6-11(14-2)12(16)7-15/h3-5,11-12,14,16H,6-7,13H2,1-2H3. The van der Waals surface area contributed by atoms with E-state index in [-0.39, 0.29) is 12.1 Å². The summed E-state index contributed by atoms with van der Waals surface area (Å²) in [6, 6.07) is 6.15. The van der Waals surface area contributed by atoms with Gasteiger partial charge < -0.3 is 21.1 Å². The Bertz CT molecular complexity index is 381. The molecule has 88 valence electrons. The Kier molecular flexibility index (Phi) is 3.03. The second kappa shape index (κ2) is 4.31. The summed E-state index contributed by atoms with van der Waals surface area (Å²) in [6.07, 6.45) is -0.303. The molecule has 0 aliphatic carbocycles. The molecule has 0 amide bonds. The van der Waals surface area contributed by atoms with E-state index >= 15 is 0 Å². The predicted molar refractivity (Wildman–Crippen MR) is 66.7 cm³/mol. The van der Waals surface area contributed by atoms with Crippen molar-refractivity contribution in [1.29, 1.82) is 0 Å². The van der Waals surface area contributed by atoms with Crippen molar-refractivity contribution in [2.45, 2.75) is 19.1 Å². The van der Waals surface area contributed by atoms with Crippen LogP contribution in [0.4, 0.5) is 11.4 Å². The summed E-state index contributed by atoms with van der Waals surface area (Å²) in [4.78, 5) is 2.18. The van der Waals surface area contributed by atoms with E-state index in [0.717, 1.165) is 23.5 Å². The summed E-state index contributed by atoms with van der Waals surface area (Å²) >= 11 is 0. The zero-order valence-electron chi connectivity index (χ0n) is 9.77. The van der Waals surface area contributed by atoms with Gasteiger partial charge >= 0.3 is 0 Å². The maximum atomic E-state index is 9.82. The van der Waals surface area contributed by atoms with Crippen LogP contribution in [-0.4, -0.2) is 37.4 Å². The number of aliphatic hydroxyl groups excluding tert-OH is 1. The van der Waals surface area contributed by atoms with E-state index < -0.39 is 0 Å². The molecule has 1 saturated heterocycles. The molecule has 2 unspecified atom stereocenters. The zero-order valence-corrected chi connectivity index (χ0v) is 9.77. The Morgan fingerprint density at radius 2 is 2.19 bits per heavy atom. The number of nitrogens with two attached hydrogens (primary N) is 1. The van der Waals surface area contributed by atoms with Gasteiger partial charge in [0.05, 0.1) is 12.1 Å². The number of aliphatic hydroxyl groups is 1. The van der Waals surface area contributed by atoms with E-state index in [1.165, 1.54) is 0 Å². The first-order valence-electron chi connectivity index (χ1n) is 5.58. The van der Waals surface area contributed by atoms with Gasteiger partial charge in [-0.3, -0.25) is 0 Å². The lowest BCUT2D eigenvalue weighted by molar-refractivity contribution is 0.168. The molecule has 16 heavy (non-hydrogen) atoms. The fraction of sp³-hybridized carbons (Fsp3) is 0.500. The number of benzene rings is 1. The summed E-state index contributed by atoms with van der Waals surface area (Å²) < 4.78 is 0. The molecule has 0 aromatic heterocycles. The third-order valence-corrected chi connectivity index (χ3v) is 3.28. The van der Waals surface area contributed by atoms with E-state index in [0.29, 0.717) is 6.54 Å². The lowest BCUT2D eigenvalue weighted by Crippen LogP contribution is -2.36. The van der Waals surface area contributed by atoms with Crippen molar-refractivity contribution in [3.63, 3.8) is 0 Å². The van der Waals surface area contributed by atoms with E-state index in [1.54, 1.807) is 0 Å². The van der Waals surface area contributed by atoms with Gasteiger partial charge in [-0.1, -0.05) is 0 Å². The Morgan fingerprint density at radius 1 is 1.44 bits per heavy atom. The number of nitrogen functional groups attached to an aromatic ring is 1. The smallest absolute Gasteiger partial charge is 0.0884 e. The number of aryl methyl sites for hydroxylation is 1. The van der Waals surface area contributed by atoms with Crippen molar-refractivity contribution >= 4 is 11.4 Å². The van der Waals surface area contributed by atoms with Gasteiger partial charge in [0.1, 0.15) is 0 Å². The molecule has 0 spiro atoms. The third kappa shape index (κ3) is 1.99. The van der Waals surface area contributed by atoms with Crippen LogP contribution in [0.2, 0.25) is 0 Å². The van der Waals surface area contributed by atoms with E-state index in [2.05, 4.69) is 16.3 Å². The topological polar surface area (TPSA) is 61.5 Å². The summed E-state index contributed by atoms with van der Waals surface area (Å²) in [5.74, 6) is 0. The number of β-amino-alcohol motifs (C(OH)–C–C–N with tert-alkyl or cyclic N) is 1. The highest BCUT2D eigenvalue weighted by atomic mass is 16.3. The van der Waals surface area contributed by atoms with Gasteiger partial charge in [0.2, 0.25) is 0 Å². The van der Waals surface area contributed by atoms with Crippen molar-refractivity contribution in [2.75, 3.05) is 30.8 Å². The summed E-state index contributed by atoms with van der Waals surface area (Å²) in [6.45, 7) is 3.51. The third-order valence-electron chi connectivity index (χ3n) is 3.28. The molecular weight excluding hydrogens is 202 g/mol. The highest BCUT2D eigenvalue weighted by molar-refractivity contribution is 5.58. The van der Waals surface area contributed by atoms with Gasteiger partial charge in [-0.05, 0) is 37.7 Å². The van der Waals surface area contributed by atoms with Gasteiger partial charge in [-0.25, -0.2) is 0 Å². The largest absolute Gasteiger partial charge is 0.399 e. The molecule has 0 bridgehead atoms. The molecule has 1 aromatic carbocycles. The lowest BCUT2D eigenvalue weighted by Gasteiger charge is -2.19. The Hall–Kier alpha value is -1.26. The number of hydrogen-bond donors (Lipinski definition) is 3. The fourth-order valence-electron chi connectivity index (χ4n) is 2.14. The van der Waals surface area contributed by atoms with E-state index in [9.17, 15) is 5.11 Å². The minimum atomic E-state index is -0.303. The number of rotatable bonds is 2. The monoisotopic (exact) mass is 221 g/mol. The lowest BCUT2D eigenvalue weighted by atomic mass is 10.2. The van der Waals surface area contributed by atoms with Crippen molar-refractivity contribution in [2.24, 2.45) is 0 Å². The molecule has 0 radical (unpaired) electrons. The quantitative estimate of drug-likeness (QED) is 0.631. The fourth-order valence-corrected chi connectivity index (χ4v) is 2.14. The maximum Gasteiger partial charge on any atom is 0.0884 e. The maximum absolute atomic E-state index is 9.82. The normalized spacial score (nSPS) is 25.1. The number of likely N-dealkylation sites (N-methyl/N-ethyl adjacent to an activating group) is 1. The Balaban J connectivity index is 2.17. The number of anilines is 2. The summed E-state index contributed by atoms with van der Waals surface area (Å²) in [5.41, 5.74) is 8.81. The summed E-state index contributed by atoms with van der Waals surface area (Å²) in [7, 11) is 1.88. The van der Waals surface area contributed by atoms with Gasteiger partial charge in [0.15, 0.2) is 0 Å². The van der Waals surface area contributed by atoms with Gasteiger partial charge in [-0.2, -0.15) is 0 Å². The van der Waals surface area contributed by atoms with E-state index in [4.69, 9.17) is 5.73 Å². The molecule has 4 heteroatoms. The van der Waals surface area contributed by atoms with Crippen molar-refractivity contribution in [3.05, 3.63) is 23.8 Å². The predicted octanol–water partition coefficient (Wildman–Crippen LogP) is 0.346. The molecular formula is C12H19N3O. The minimum absolute atomic E-state index is 0.151. The molecule has 2 rings (SSSR count). The Morgan fingerprint density at radius 3 is 2.75 bits per heavy atom. The van der Waals surface area contributed by atoms with Crippen molar-refractivity contribution < 1.29 is 5.11 Å². The average Bonchev–Trinajstić information content (AvgIpc) is 2.64. The average molecular weight is 221 g/mol. The SMILES string of the molecule is CNC1CN(c2ccc(N)c(C)c2)CC1O. The molecule has 4 nitrogen and oxygen atoms in total. The molecule has 1 fully saturated rings. The van der Waals surface area contributed by atoms with Crippen LogP contribution in [0.15, 0.2) is 18.2 Å². The van der Waals surface area contributed by atoms with Crippen LogP contribution in [-0.2, 0) is 0 Å². The van der Waals surface area contributed by atoms with Gasteiger partial charge in [0.25, 0.3) is 0 Å². The minimum Gasteiger partial charge on any atom is -0.399 e. The molecule has 0 saturated carbocycles. The number of hydrogen-bond acceptors (Lipinski definition) is 4. The molecule has 2 atom stereocenters. The van der Waals surface area contributed by atoms with E-state index in [1.807, 2.05) is 26.1 Å². The zero-order chi connectivity index (χ0) is 11.7. The second-order valence-corrected chi connectivity index (χ2v) is 4.41. The highest BCUT2D eigenvalue weighted by Crippen LogP contribution is 2.24. The molecule has 1 aliphatic heterocycles. The van der Waals surface area contributed by atoms with Gasteiger partial charge in [-0.15, -0.1) is 0 Å². The van der Waals surface area contributed by atoms with Crippen LogP contribution < -0.4 is 16.0 Å². The molecule has 4 N–H and O–H groups in total. The van der Waals surface area contributed by atoms with Gasteiger partial charge in [0, 0.05) is 24.5 Å². The van der Waals surface area contributed by atoms with Crippen LogP contribution in [0, 0.1) is 6.92 Å². The van der Waals surface area contributed by atoms with Crippen LogP contribution in [0.3, 0.4) is 0 Å². The summed E-state index contributed by atoms with van der Waals surface area (Å²) in [5, 5.41) is 12.9. The highest BCUT2D eigenvalue weighted by Gasteiger charge is 2.30. The number of nitrogens with one attached hydrogen (secondary N) is 1. The first kappa shape index (κ1) is 11.2. The van der Waals surface area contributed by atoms with Crippen LogP contribution in [0.5, 0.6) is 0 Å². The number of nitrogens with zero attached hydrogens (tertiary/aromatic N) is 1. The van der Waals surface area contributed by atoms with Crippen LogP contribution in [0.25, 0.3) is 0 Å². The first-order chi connectivity index (χ1) is 7.61. The van der Waals surface area contributed by atoms with Crippen molar-refractivity contribution in [3.8, 4) is 0 Å². The first-order valence-corrected chi connectivity index (χ1v) is 5.58. The van der Waals surface area contributed by atoms with Crippen LogP contribution >= 0.6 is 0 Å². The molecule has 1 aromatic rings. The van der Waals surface area contributed by atoms with Crippen molar-refractivity contribution in [1.82, 2.24) is 5.32 Å². The second-order valence-electron chi connectivity index (χ2n) is 4.41. The molecule has 1 heterocycles.